The van der Waals surface area contributed by atoms with Gasteiger partial charge in [0.15, 0.2) is 51.0 Å². The van der Waals surface area contributed by atoms with E-state index in [0.29, 0.717) is 116 Å². The zero-order valence-corrected chi connectivity index (χ0v) is 62.5. The quantitative estimate of drug-likeness (QED) is 0.0206. The zero-order valence-electron chi connectivity index (χ0n) is 57.6. The van der Waals surface area contributed by atoms with Crippen LogP contribution in [-0.4, -0.2) is 104 Å². The number of rotatable bonds is 24. The molecule has 0 fully saturated rings. The third-order valence-corrected chi connectivity index (χ3v) is 17.3. The largest absolute Gasteiger partial charge is 3.00 e. The van der Waals surface area contributed by atoms with E-state index < -0.39 is 73.7 Å². The number of benzene rings is 4. The van der Waals surface area contributed by atoms with Crippen LogP contribution >= 0.6 is 0 Å². The summed E-state index contributed by atoms with van der Waals surface area (Å²) in [6.45, 7) is -0.899. The molecule has 11 aromatic rings. The van der Waals surface area contributed by atoms with Crippen LogP contribution in [0.4, 0.5) is 0 Å². The number of pyridine rings is 4. The molecule has 2 aliphatic rings. The summed E-state index contributed by atoms with van der Waals surface area (Å²) in [5.41, 5.74) is 14.2. The third-order valence-electron chi connectivity index (χ3n) is 17.3. The number of aliphatic carboxylic acids is 4. The second-order valence-corrected chi connectivity index (χ2v) is 24.3. The van der Waals surface area contributed by atoms with E-state index in [1.807, 2.05) is 195 Å². The number of carbonyl (C=O) groups is 8. The zero-order chi connectivity index (χ0) is 72.4. The van der Waals surface area contributed by atoms with Gasteiger partial charge in [0.25, 0.3) is 23.6 Å². The van der Waals surface area contributed by atoms with Crippen LogP contribution in [0.1, 0.15) is 101 Å². The summed E-state index contributed by atoms with van der Waals surface area (Å²) in [7, 11) is 0. The summed E-state index contributed by atoms with van der Waals surface area (Å²) in [6, 6.07) is 58.8. The van der Waals surface area contributed by atoms with Gasteiger partial charge in [-0.05, 0) is 97.1 Å². The fraction of sp³-hybridized carbons (Fsp3) is 0.122. The number of carboxylic acids is 4. The Hall–Kier alpha value is -12.2. The van der Waals surface area contributed by atoms with Crippen LogP contribution in [0.2, 0.25) is 0 Å². The minimum Gasteiger partial charge on any atom is -1.00 e. The molecular weight excluding hydrogens is 1580 g/mol. The molecule has 7 aromatic heterocycles. The molecule has 4 aromatic carbocycles. The Balaban J connectivity index is 0.00000280. The topological polar surface area (TPSA) is 335 Å². The molecule has 4 amide bonds. The van der Waals surface area contributed by atoms with E-state index in [-0.39, 0.29) is 116 Å². The van der Waals surface area contributed by atoms with Crippen molar-refractivity contribution in [1.82, 2.24) is 41.2 Å². The van der Waals surface area contributed by atoms with Gasteiger partial charge in [-0.15, -0.1) is 22.1 Å². The number of carbonyl (C=O) groups excluding carboxylic acids is 4. The van der Waals surface area contributed by atoms with E-state index >= 15 is 0 Å². The molecule has 8 N–H and O–H groups in total. The molecule has 2 aliphatic heterocycles. The van der Waals surface area contributed by atoms with E-state index in [0.717, 1.165) is 22.3 Å². The van der Waals surface area contributed by atoms with Crippen molar-refractivity contribution in [3.63, 3.8) is 0 Å². The Morgan fingerprint density at radius 1 is 0.295 bits per heavy atom. The maximum absolute atomic E-state index is 13.0. The minimum absolute atomic E-state index is 0. The second kappa shape index (κ2) is 41.0. The van der Waals surface area contributed by atoms with Crippen LogP contribution < -0.4 is 112 Å². The molecule has 24 nitrogen and oxygen atoms in total. The summed E-state index contributed by atoms with van der Waals surface area (Å²) in [5.74, 6) is -6.80. The monoisotopic (exact) mass is 1650 g/mol. The molecular formula is C82H72Cl5FeN12O12. The van der Waals surface area contributed by atoms with Crippen molar-refractivity contribution < 1.29 is 156 Å². The van der Waals surface area contributed by atoms with E-state index in [1.54, 1.807) is 48.5 Å². The first-order valence-electron chi connectivity index (χ1n) is 32.8. The van der Waals surface area contributed by atoms with Crippen LogP contribution in [0.25, 0.3) is 91.4 Å². The first kappa shape index (κ1) is 90.4. The van der Waals surface area contributed by atoms with Gasteiger partial charge in [0.05, 0.1) is 45.0 Å². The summed E-state index contributed by atoms with van der Waals surface area (Å²) in [5, 5.41) is 46.6. The summed E-state index contributed by atoms with van der Waals surface area (Å²) in [4.78, 5) is 120. The molecule has 9 heterocycles. The van der Waals surface area contributed by atoms with Crippen LogP contribution in [0.5, 0.6) is 0 Å². The van der Waals surface area contributed by atoms with Crippen LogP contribution in [0.15, 0.2) is 219 Å². The number of carboxylic acid groups (broad SMARTS) is 4. The Morgan fingerprint density at radius 3 is 0.679 bits per heavy atom. The molecule has 575 valence electrons. The van der Waals surface area contributed by atoms with E-state index in [4.69, 9.17) is 19.9 Å². The molecule has 0 spiro atoms. The number of hydrogen-bond donors (Lipinski definition) is 8. The van der Waals surface area contributed by atoms with Gasteiger partial charge in [0.1, 0.15) is 26.2 Å². The number of halogens is 5. The van der Waals surface area contributed by atoms with Crippen molar-refractivity contribution in [1.29, 1.82) is 0 Å². The average Bonchev–Trinajstić information content (AvgIpc) is 1.61. The van der Waals surface area contributed by atoms with E-state index in [1.165, 1.54) is 0 Å². The molecule has 0 atom stereocenters. The number of fused-ring (bicyclic) bond motifs is 8. The van der Waals surface area contributed by atoms with Gasteiger partial charge in [0.2, 0.25) is 22.8 Å². The predicted molar refractivity (Wildman–Crippen MR) is 395 cm³/mol. The van der Waals surface area contributed by atoms with Crippen molar-refractivity contribution >= 4 is 93.9 Å². The van der Waals surface area contributed by atoms with Crippen molar-refractivity contribution in [2.24, 2.45) is 0 Å². The first-order valence-corrected chi connectivity index (χ1v) is 32.8. The number of hydrogen-bond acceptors (Lipinski definition) is 10. The normalized spacial score (nSPS) is 10.6. The van der Waals surface area contributed by atoms with Gasteiger partial charge in [-0.1, -0.05) is 87.6 Å². The fourth-order valence-electron chi connectivity index (χ4n) is 12.4. The standard InChI is InChI=1S/C80H62N12O12.2CH4.5ClH.Fe/c93-69(94)41-81-77(101)53-21-13-49(14-22-53)45-89-37-5-1-9-65(89)73-57-29-31-59(85-57)74(66-10-2-6-38-90(66)46-50-15-23-54(24-16-50)78(102)82-42-70(95)96)61-33-35-63(87-61)76(68-12-4-8-40-92(68)48-52-19-27-56(28-20-52)80(104)84-44-72(99)100)64-36-34-62(88-64)75(60-32-30-58(73)86-60)67-11-3-7-39-91(67)47-51-17-25-55(26-18-51)79(103)83-43-71(97)98;;;;;;;;/h1-40H,41-48H2,(H6-3,81,82,83,84,85,86,87,88,93,94,95,96,97,98,99,100,101,102,103,104);2*1H4;5*1H;/q;;;;;;;;+3/p-3. The van der Waals surface area contributed by atoms with Crippen molar-refractivity contribution in [2.75, 3.05) is 26.2 Å². The molecule has 30 heteroatoms. The van der Waals surface area contributed by atoms with Crippen molar-refractivity contribution in [3.8, 4) is 45.0 Å². The Kier molecular flexibility index (Phi) is 33.1. The summed E-state index contributed by atoms with van der Waals surface area (Å²) < 4.78 is 8.24. The maximum atomic E-state index is 13.0. The predicted octanol–water partition coefficient (Wildman–Crippen LogP) is -6.53. The van der Waals surface area contributed by atoms with Gasteiger partial charge < -0.3 is 114 Å². The van der Waals surface area contributed by atoms with E-state index in [9.17, 15) is 58.8 Å². The van der Waals surface area contributed by atoms with E-state index in [2.05, 4.69) is 39.5 Å². The van der Waals surface area contributed by atoms with Crippen molar-refractivity contribution in [2.45, 2.75) is 41.0 Å². The van der Waals surface area contributed by atoms with Gasteiger partial charge in [-0.2, -0.15) is 18.3 Å². The molecule has 1 radical (unpaired) electrons. The van der Waals surface area contributed by atoms with Gasteiger partial charge in [0, 0.05) is 93.0 Å². The summed E-state index contributed by atoms with van der Waals surface area (Å²) >= 11 is 0. The van der Waals surface area contributed by atoms with Crippen LogP contribution in [-0.2, 0) is 62.4 Å². The number of aromatic nitrogens is 8. The third kappa shape index (κ3) is 21.2. The van der Waals surface area contributed by atoms with Gasteiger partial charge >= 0.3 is 40.9 Å². The van der Waals surface area contributed by atoms with Gasteiger partial charge in [-0.3, -0.25) is 38.4 Å². The Labute approximate surface area is 685 Å². The number of amides is 4. The molecule has 8 bridgehead atoms. The minimum atomic E-state index is -1.17. The van der Waals surface area contributed by atoms with Crippen LogP contribution in [0, 0.1) is 0 Å². The SMILES string of the molecule is C.C.O=C(O)CNC(=O)c1ccc(C[n+]2ccccc2-c2c3nc(c(-c4cccc[n+]4Cc4ccc(C(=O)NCC(=O)O)cc4)c4ccc([n-]4)c(-c4cccc[n+]4Cc4ccc(C(=O)NCC(=O)O)cc4)c4nc(c(-c5cccc[n+]5Cc5ccc(C(=O)NCC(=O)O)cc5)c5ccc2[n-]5)C=C4)C=C3)cc1.[Cl-].[Cl-].[Cl-].[Cl-].[Cl-].[Fe+3]. The number of nitrogens with zero attached hydrogens (tertiary/aromatic N) is 8. The second-order valence-electron chi connectivity index (χ2n) is 24.3. The fourth-order valence-corrected chi connectivity index (χ4v) is 12.4. The van der Waals surface area contributed by atoms with Crippen LogP contribution in [0.3, 0.4) is 0 Å². The molecule has 112 heavy (non-hydrogen) atoms. The van der Waals surface area contributed by atoms with Gasteiger partial charge in [-0.25, -0.2) is 9.97 Å². The molecule has 0 aliphatic carbocycles. The smallest absolute Gasteiger partial charge is 1.00 e. The Morgan fingerprint density at radius 2 is 0.491 bits per heavy atom. The maximum Gasteiger partial charge on any atom is 3.00 e. The number of nitrogens with one attached hydrogen (secondary N) is 4. The summed E-state index contributed by atoms with van der Waals surface area (Å²) in [6.07, 6.45) is 15.6. The average molecular weight is 1650 g/mol. The first-order chi connectivity index (χ1) is 50.5. The molecule has 0 saturated carbocycles. The molecule has 0 saturated heterocycles. The van der Waals surface area contributed by atoms with Crippen molar-refractivity contribution in [3.05, 3.63) is 286 Å². The Bertz CT molecular complexity index is 4870. The molecule has 13 rings (SSSR count). The molecule has 0 unspecified atom stereocenters.